The number of halogens is 1. The first kappa shape index (κ1) is 17.8. The number of furan rings is 1. The van der Waals surface area contributed by atoms with Crippen LogP contribution >= 0.6 is 11.6 Å². The van der Waals surface area contributed by atoms with E-state index in [1.807, 2.05) is 38.7 Å². The Morgan fingerprint density at radius 2 is 1.68 bits per heavy atom. The molecule has 134 valence electrons. The maximum absolute atomic E-state index is 12.8. The monoisotopic (exact) mass is 362 g/mol. The third-order valence-electron chi connectivity index (χ3n) is 4.59. The van der Waals surface area contributed by atoms with Gasteiger partial charge in [-0.2, -0.15) is 0 Å². The lowest BCUT2D eigenvalue weighted by molar-refractivity contribution is -0.140. The summed E-state index contributed by atoms with van der Waals surface area (Å²) in [7, 11) is 0. The van der Waals surface area contributed by atoms with Gasteiger partial charge in [0.25, 0.3) is 5.91 Å². The maximum Gasteiger partial charge on any atom is 0.290 e. The lowest BCUT2D eigenvalue weighted by atomic mass is 9.94. The molecule has 0 aliphatic carbocycles. The molecule has 1 saturated heterocycles. The first-order valence-corrected chi connectivity index (χ1v) is 8.83. The Bertz CT molecular complexity index is 827. The van der Waals surface area contributed by atoms with E-state index in [0.717, 1.165) is 10.9 Å². The third kappa shape index (κ3) is 3.38. The number of piperazine rings is 1. The predicted molar refractivity (Wildman–Crippen MR) is 97.9 cm³/mol. The molecule has 5 nitrogen and oxygen atoms in total. The summed E-state index contributed by atoms with van der Waals surface area (Å²) in [6, 6.07) is 5.34. The van der Waals surface area contributed by atoms with Gasteiger partial charge in [-0.3, -0.25) is 9.59 Å². The molecule has 0 radical (unpaired) electrons. The van der Waals surface area contributed by atoms with Crippen molar-refractivity contribution in [1.29, 1.82) is 0 Å². The molecule has 0 saturated carbocycles. The number of benzene rings is 1. The van der Waals surface area contributed by atoms with E-state index in [1.165, 1.54) is 0 Å². The zero-order chi connectivity index (χ0) is 18.4. The van der Waals surface area contributed by atoms with Crippen LogP contribution in [-0.2, 0) is 4.79 Å². The second kappa shape index (κ2) is 6.37. The van der Waals surface area contributed by atoms with Crippen LogP contribution in [0.5, 0.6) is 0 Å². The van der Waals surface area contributed by atoms with E-state index in [-0.39, 0.29) is 11.8 Å². The van der Waals surface area contributed by atoms with E-state index >= 15 is 0 Å². The number of rotatable bonds is 1. The molecule has 1 aliphatic rings. The number of carbonyl (C=O) groups is 2. The number of carbonyl (C=O) groups excluding carboxylic acids is 2. The topological polar surface area (TPSA) is 53.8 Å². The summed E-state index contributed by atoms with van der Waals surface area (Å²) in [6.07, 6.45) is 0. The summed E-state index contributed by atoms with van der Waals surface area (Å²) in [5, 5.41) is 1.47. The Morgan fingerprint density at radius 1 is 1.08 bits per heavy atom. The summed E-state index contributed by atoms with van der Waals surface area (Å²) < 4.78 is 5.77. The second-order valence-corrected chi connectivity index (χ2v) is 7.97. The molecule has 3 rings (SSSR count). The molecule has 1 fully saturated rings. The Kier molecular flexibility index (Phi) is 4.54. The molecule has 0 unspecified atom stereocenters. The van der Waals surface area contributed by atoms with Crippen molar-refractivity contribution >= 4 is 34.4 Å². The van der Waals surface area contributed by atoms with Crippen LogP contribution in [0.4, 0.5) is 0 Å². The fourth-order valence-electron chi connectivity index (χ4n) is 3.13. The highest BCUT2D eigenvalue weighted by molar-refractivity contribution is 6.31. The van der Waals surface area contributed by atoms with Crippen molar-refractivity contribution in [3.8, 4) is 0 Å². The van der Waals surface area contributed by atoms with Gasteiger partial charge >= 0.3 is 0 Å². The average Bonchev–Trinajstić information content (AvgIpc) is 2.89. The molecule has 1 aromatic carbocycles. The molecule has 1 aromatic heterocycles. The van der Waals surface area contributed by atoms with Crippen LogP contribution < -0.4 is 0 Å². The Hall–Kier alpha value is -2.01. The number of amides is 2. The minimum absolute atomic E-state index is 0.120. The lowest BCUT2D eigenvalue weighted by Crippen LogP contribution is -2.53. The van der Waals surface area contributed by atoms with Gasteiger partial charge in [0.1, 0.15) is 5.58 Å². The molecule has 2 aromatic rings. The van der Waals surface area contributed by atoms with E-state index in [0.29, 0.717) is 42.5 Å². The van der Waals surface area contributed by atoms with E-state index in [1.54, 1.807) is 17.0 Å². The Labute approximate surface area is 152 Å². The zero-order valence-corrected chi connectivity index (χ0v) is 15.8. The van der Waals surface area contributed by atoms with Gasteiger partial charge < -0.3 is 14.2 Å². The normalized spacial score (nSPS) is 15.7. The smallest absolute Gasteiger partial charge is 0.290 e. The summed E-state index contributed by atoms with van der Waals surface area (Å²) in [4.78, 5) is 28.8. The summed E-state index contributed by atoms with van der Waals surface area (Å²) >= 11 is 6.04. The highest BCUT2D eigenvalue weighted by atomic mass is 35.5. The molecule has 25 heavy (non-hydrogen) atoms. The van der Waals surface area contributed by atoms with Crippen LogP contribution in [0.1, 0.15) is 36.9 Å². The molecule has 2 heterocycles. The number of nitrogens with zero attached hydrogens (tertiary/aromatic N) is 2. The Morgan fingerprint density at radius 3 is 2.28 bits per heavy atom. The van der Waals surface area contributed by atoms with E-state index in [9.17, 15) is 9.59 Å². The van der Waals surface area contributed by atoms with Gasteiger partial charge in [0.2, 0.25) is 5.91 Å². The molecular weight excluding hydrogens is 340 g/mol. The summed E-state index contributed by atoms with van der Waals surface area (Å²) in [5.41, 5.74) is 1.06. The molecule has 0 N–H and O–H groups in total. The van der Waals surface area contributed by atoms with E-state index in [2.05, 4.69) is 0 Å². The largest absolute Gasteiger partial charge is 0.451 e. The van der Waals surface area contributed by atoms with Crippen molar-refractivity contribution in [2.24, 2.45) is 5.41 Å². The standard InChI is InChI=1S/C19H23ClN2O3/c1-12-14-11-13(20)5-6-15(14)25-16(12)17(23)21-7-9-22(10-8-21)18(24)19(2,3)4/h5-6,11H,7-10H2,1-4H3. The minimum Gasteiger partial charge on any atom is -0.451 e. The van der Waals surface area contributed by atoms with Gasteiger partial charge in [-0.25, -0.2) is 0 Å². The first-order valence-electron chi connectivity index (χ1n) is 8.46. The SMILES string of the molecule is Cc1c(C(=O)N2CCN(C(=O)C(C)(C)C)CC2)oc2ccc(Cl)cc12. The van der Waals surface area contributed by atoms with Crippen molar-refractivity contribution in [2.75, 3.05) is 26.2 Å². The molecule has 6 heteroatoms. The van der Waals surface area contributed by atoms with Crippen molar-refractivity contribution in [3.05, 3.63) is 34.5 Å². The van der Waals surface area contributed by atoms with Crippen LogP contribution in [0, 0.1) is 12.3 Å². The molecule has 2 amide bonds. The van der Waals surface area contributed by atoms with Gasteiger partial charge in [0.15, 0.2) is 5.76 Å². The fourth-order valence-corrected chi connectivity index (χ4v) is 3.30. The first-order chi connectivity index (χ1) is 11.7. The molecule has 0 atom stereocenters. The zero-order valence-electron chi connectivity index (χ0n) is 15.1. The van der Waals surface area contributed by atoms with Crippen molar-refractivity contribution < 1.29 is 14.0 Å². The van der Waals surface area contributed by atoms with Crippen molar-refractivity contribution in [2.45, 2.75) is 27.7 Å². The van der Waals surface area contributed by atoms with Crippen LogP contribution in [-0.4, -0.2) is 47.8 Å². The summed E-state index contributed by atoms with van der Waals surface area (Å²) in [5.74, 6) is 0.342. The van der Waals surface area contributed by atoms with Crippen LogP contribution in [0.25, 0.3) is 11.0 Å². The average molecular weight is 363 g/mol. The van der Waals surface area contributed by atoms with Crippen molar-refractivity contribution in [3.63, 3.8) is 0 Å². The molecule has 0 bridgehead atoms. The van der Waals surface area contributed by atoms with Gasteiger partial charge in [0, 0.05) is 47.6 Å². The molecular formula is C19H23ClN2O3. The molecule has 1 aliphatic heterocycles. The fraction of sp³-hybridized carbons (Fsp3) is 0.474. The number of fused-ring (bicyclic) bond motifs is 1. The van der Waals surface area contributed by atoms with E-state index in [4.69, 9.17) is 16.0 Å². The Balaban J connectivity index is 1.75. The van der Waals surface area contributed by atoms with Gasteiger partial charge in [0.05, 0.1) is 0 Å². The second-order valence-electron chi connectivity index (χ2n) is 7.53. The van der Waals surface area contributed by atoms with Gasteiger partial charge in [-0.1, -0.05) is 32.4 Å². The number of hydrogen-bond donors (Lipinski definition) is 0. The minimum atomic E-state index is -0.402. The van der Waals surface area contributed by atoms with E-state index < -0.39 is 5.41 Å². The third-order valence-corrected chi connectivity index (χ3v) is 4.82. The number of hydrogen-bond acceptors (Lipinski definition) is 3. The summed E-state index contributed by atoms with van der Waals surface area (Å²) in [6.45, 7) is 9.73. The van der Waals surface area contributed by atoms with Crippen LogP contribution in [0.2, 0.25) is 5.02 Å². The van der Waals surface area contributed by atoms with Gasteiger partial charge in [-0.15, -0.1) is 0 Å². The maximum atomic E-state index is 12.8. The van der Waals surface area contributed by atoms with Crippen LogP contribution in [0.15, 0.2) is 22.6 Å². The lowest BCUT2D eigenvalue weighted by Gasteiger charge is -2.37. The number of aryl methyl sites for hydroxylation is 1. The predicted octanol–water partition coefficient (Wildman–Crippen LogP) is 3.73. The highest BCUT2D eigenvalue weighted by Gasteiger charge is 2.32. The van der Waals surface area contributed by atoms with Gasteiger partial charge in [-0.05, 0) is 25.1 Å². The molecule has 0 spiro atoms. The quantitative estimate of drug-likeness (QED) is 0.776. The highest BCUT2D eigenvalue weighted by Crippen LogP contribution is 2.29. The van der Waals surface area contributed by atoms with Crippen molar-refractivity contribution in [1.82, 2.24) is 9.80 Å². The van der Waals surface area contributed by atoms with Crippen LogP contribution in [0.3, 0.4) is 0 Å².